The van der Waals surface area contributed by atoms with Crippen molar-refractivity contribution < 1.29 is 4.79 Å². The van der Waals surface area contributed by atoms with Crippen LogP contribution in [0.3, 0.4) is 0 Å². The number of carbonyl (C=O) groups excluding carboxylic acids is 1. The Morgan fingerprint density at radius 1 is 0.909 bits per heavy atom. The van der Waals surface area contributed by atoms with Crippen molar-refractivity contribution in [2.24, 2.45) is 5.92 Å². The molecule has 7 heteroatoms. The third-order valence-corrected chi connectivity index (χ3v) is 7.12. The zero-order chi connectivity index (χ0) is 22.4. The Kier molecular flexibility index (Phi) is 4.97. The second-order valence-corrected chi connectivity index (χ2v) is 9.27. The van der Waals surface area contributed by atoms with E-state index in [2.05, 4.69) is 55.6 Å². The summed E-state index contributed by atoms with van der Waals surface area (Å²) in [6, 6.07) is 16.5. The van der Waals surface area contributed by atoms with Gasteiger partial charge in [0.2, 0.25) is 11.9 Å². The van der Waals surface area contributed by atoms with Gasteiger partial charge >= 0.3 is 0 Å². The van der Waals surface area contributed by atoms with E-state index in [4.69, 9.17) is 4.98 Å². The third-order valence-electron chi connectivity index (χ3n) is 7.12. The zero-order valence-corrected chi connectivity index (χ0v) is 18.9. The molecule has 6 rings (SSSR count). The van der Waals surface area contributed by atoms with Crippen LogP contribution in [0.4, 0.5) is 5.95 Å². The number of anilines is 1. The predicted molar refractivity (Wildman–Crippen MR) is 129 cm³/mol. The molecule has 1 aliphatic heterocycles. The monoisotopic (exact) mass is 440 g/mol. The summed E-state index contributed by atoms with van der Waals surface area (Å²) in [5.41, 5.74) is 3.95. The van der Waals surface area contributed by atoms with Crippen molar-refractivity contribution in [3.05, 3.63) is 54.1 Å². The Labute approximate surface area is 193 Å². The van der Waals surface area contributed by atoms with Gasteiger partial charge in [0.25, 0.3) is 0 Å². The van der Waals surface area contributed by atoms with Crippen molar-refractivity contribution in [1.29, 1.82) is 0 Å². The lowest BCUT2D eigenvalue weighted by Gasteiger charge is -2.36. The van der Waals surface area contributed by atoms with E-state index < -0.39 is 0 Å². The number of carbonyl (C=O) groups is 1. The van der Waals surface area contributed by atoms with Gasteiger partial charge in [-0.05, 0) is 31.9 Å². The molecule has 2 fully saturated rings. The summed E-state index contributed by atoms with van der Waals surface area (Å²) in [7, 11) is 0. The predicted octanol–water partition coefficient (Wildman–Crippen LogP) is 4.09. The summed E-state index contributed by atoms with van der Waals surface area (Å²) in [5, 5.41) is 10.1. The van der Waals surface area contributed by atoms with Crippen LogP contribution in [0.1, 0.15) is 31.2 Å². The van der Waals surface area contributed by atoms with E-state index in [9.17, 15) is 4.79 Å². The first-order valence-corrected chi connectivity index (χ1v) is 11.9. The third kappa shape index (κ3) is 3.52. The molecule has 4 aromatic rings. The number of rotatable bonds is 3. The average molecular weight is 441 g/mol. The number of piperazine rings is 1. The van der Waals surface area contributed by atoms with Crippen LogP contribution in [0.5, 0.6) is 0 Å². The lowest BCUT2D eigenvalue weighted by molar-refractivity contribution is -0.135. The van der Waals surface area contributed by atoms with E-state index in [0.29, 0.717) is 5.91 Å². The van der Waals surface area contributed by atoms with E-state index in [1.165, 1.54) is 18.4 Å². The van der Waals surface area contributed by atoms with Gasteiger partial charge in [-0.1, -0.05) is 54.8 Å². The molecule has 0 bridgehead atoms. The van der Waals surface area contributed by atoms with Gasteiger partial charge in [-0.2, -0.15) is 0 Å². The SMILES string of the molecule is Cc1ccc(-c2nnc3c4ccccc4nc(N4CCN(C(=O)C5CCCC5)CC4)n23)cc1. The molecule has 2 aliphatic rings. The highest BCUT2D eigenvalue weighted by Gasteiger charge is 2.31. The molecule has 3 heterocycles. The number of benzene rings is 2. The molecule has 0 radical (unpaired) electrons. The maximum absolute atomic E-state index is 12.9. The Morgan fingerprint density at radius 3 is 2.39 bits per heavy atom. The minimum atomic E-state index is 0.230. The van der Waals surface area contributed by atoms with E-state index in [-0.39, 0.29) is 5.92 Å². The van der Waals surface area contributed by atoms with Crippen LogP contribution in [-0.2, 0) is 4.79 Å². The number of nitrogens with zero attached hydrogens (tertiary/aromatic N) is 6. The van der Waals surface area contributed by atoms with Crippen LogP contribution in [-0.4, -0.2) is 56.6 Å². The Bertz CT molecular complexity index is 1310. The fourth-order valence-electron chi connectivity index (χ4n) is 5.23. The first-order chi connectivity index (χ1) is 16.2. The van der Waals surface area contributed by atoms with Gasteiger partial charge in [0.05, 0.1) is 5.52 Å². The standard InChI is InChI=1S/C26H28N6O/c1-18-10-12-19(13-11-18)23-28-29-24-21-8-4-5-9-22(21)27-26(32(23)24)31-16-14-30(15-17-31)25(33)20-6-2-3-7-20/h4-5,8-13,20H,2-3,6-7,14-17H2,1H3. The van der Waals surface area contributed by atoms with Gasteiger partial charge in [0.1, 0.15) is 0 Å². The zero-order valence-electron chi connectivity index (χ0n) is 18.9. The Balaban J connectivity index is 1.39. The molecular weight excluding hydrogens is 412 g/mol. The molecule has 168 valence electrons. The molecular formula is C26H28N6O. The summed E-state index contributed by atoms with van der Waals surface area (Å²) < 4.78 is 2.08. The van der Waals surface area contributed by atoms with Crippen molar-refractivity contribution >= 4 is 28.4 Å². The van der Waals surface area contributed by atoms with Gasteiger partial charge in [0.15, 0.2) is 11.5 Å². The van der Waals surface area contributed by atoms with Gasteiger partial charge < -0.3 is 9.80 Å². The largest absolute Gasteiger partial charge is 0.339 e. The number of amides is 1. The fourth-order valence-corrected chi connectivity index (χ4v) is 5.23. The van der Waals surface area contributed by atoms with Crippen molar-refractivity contribution in [1.82, 2.24) is 24.5 Å². The van der Waals surface area contributed by atoms with Crippen molar-refractivity contribution in [3.63, 3.8) is 0 Å². The molecule has 1 aliphatic carbocycles. The van der Waals surface area contributed by atoms with Gasteiger partial charge in [-0.25, -0.2) is 9.38 Å². The van der Waals surface area contributed by atoms with Crippen molar-refractivity contribution in [3.8, 4) is 11.4 Å². The van der Waals surface area contributed by atoms with E-state index in [1.807, 2.05) is 24.3 Å². The molecule has 1 saturated heterocycles. The van der Waals surface area contributed by atoms with Crippen LogP contribution in [0.15, 0.2) is 48.5 Å². The lowest BCUT2D eigenvalue weighted by atomic mass is 10.1. The first kappa shape index (κ1) is 20.1. The Morgan fingerprint density at radius 2 is 1.64 bits per heavy atom. The highest BCUT2D eigenvalue weighted by molar-refractivity contribution is 5.93. The average Bonchev–Trinajstić information content (AvgIpc) is 3.55. The molecule has 0 N–H and O–H groups in total. The smallest absolute Gasteiger partial charge is 0.225 e. The second kappa shape index (κ2) is 8.14. The summed E-state index contributed by atoms with van der Waals surface area (Å²) in [6.07, 6.45) is 4.47. The van der Waals surface area contributed by atoms with Gasteiger partial charge in [-0.15, -0.1) is 10.2 Å². The molecule has 0 atom stereocenters. The fraction of sp³-hybridized carbons (Fsp3) is 0.385. The number of hydrogen-bond acceptors (Lipinski definition) is 5. The highest BCUT2D eigenvalue weighted by Crippen LogP contribution is 2.30. The summed E-state index contributed by atoms with van der Waals surface area (Å²) >= 11 is 0. The molecule has 1 amide bonds. The molecule has 33 heavy (non-hydrogen) atoms. The van der Waals surface area contributed by atoms with Crippen LogP contribution >= 0.6 is 0 Å². The van der Waals surface area contributed by atoms with Crippen LogP contribution in [0.2, 0.25) is 0 Å². The topological polar surface area (TPSA) is 66.6 Å². The maximum atomic E-state index is 12.9. The van der Waals surface area contributed by atoms with Crippen LogP contribution in [0.25, 0.3) is 27.9 Å². The van der Waals surface area contributed by atoms with Crippen LogP contribution in [0, 0.1) is 12.8 Å². The molecule has 0 spiro atoms. The Hall–Kier alpha value is -3.48. The van der Waals surface area contributed by atoms with E-state index in [1.54, 1.807) is 0 Å². The van der Waals surface area contributed by atoms with Gasteiger partial charge in [-0.3, -0.25) is 4.79 Å². The first-order valence-electron chi connectivity index (χ1n) is 11.9. The van der Waals surface area contributed by atoms with E-state index >= 15 is 0 Å². The summed E-state index contributed by atoms with van der Waals surface area (Å²) in [4.78, 5) is 22.3. The van der Waals surface area contributed by atoms with Crippen molar-refractivity contribution in [2.45, 2.75) is 32.6 Å². The molecule has 1 saturated carbocycles. The van der Waals surface area contributed by atoms with E-state index in [0.717, 1.165) is 72.9 Å². The second-order valence-electron chi connectivity index (χ2n) is 9.27. The molecule has 0 unspecified atom stereocenters. The van der Waals surface area contributed by atoms with Gasteiger partial charge in [0, 0.05) is 43.0 Å². The maximum Gasteiger partial charge on any atom is 0.225 e. The quantitative estimate of drug-likeness (QED) is 0.480. The lowest BCUT2D eigenvalue weighted by Crippen LogP contribution is -2.50. The minimum absolute atomic E-state index is 0.230. The summed E-state index contributed by atoms with van der Waals surface area (Å²) in [5.74, 6) is 2.21. The molecule has 2 aromatic carbocycles. The normalized spacial score (nSPS) is 17.4. The highest BCUT2D eigenvalue weighted by atomic mass is 16.2. The number of para-hydroxylation sites is 1. The number of fused-ring (bicyclic) bond motifs is 3. The number of aryl methyl sites for hydroxylation is 1. The summed E-state index contributed by atoms with van der Waals surface area (Å²) in [6.45, 7) is 5.05. The molecule has 7 nitrogen and oxygen atoms in total. The van der Waals surface area contributed by atoms with Crippen molar-refractivity contribution in [2.75, 3.05) is 31.1 Å². The van der Waals surface area contributed by atoms with Crippen LogP contribution < -0.4 is 4.90 Å². The minimum Gasteiger partial charge on any atom is -0.339 e. The number of aromatic nitrogens is 4. The number of hydrogen-bond donors (Lipinski definition) is 0. The molecule has 2 aromatic heterocycles.